The van der Waals surface area contributed by atoms with Gasteiger partial charge >= 0.3 is 0 Å². The molecule has 20 heavy (non-hydrogen) atoms. The van der Waals surface area contributed by atoms with E-state index in [4.69, 9.17) is 0 Å². The van der Waals surface area contributed by atoms with Gasteiger partial charge in [0.1, 0.15) is 0 Å². The standard InChI is InChI=1S/C19H25N/c1-4-13-20-19(17-11-9-15(3)10-12-17)18-8-6-7-16(5-2)14-18/h6-12,14,19-20H,4-5,13H2,1-3H3. The summed E-state index contributed by atoms with van der Waals surface area (Å²) < 4.78 is 0. The molecule has 1 heteroatoms. The number of hydrogen-bond acceptors (Lipinski definition) is 1. The lowest BCUT2D eigenvalue weighted by atomic mass is 9.96. The first-order chi connectivity index (χ1) is 9.74. The fraction of sp³-hybridized carbons (Fsp3) is 0.368. The molecule has 0 spiro atoms. The van der Waals surface area contributed by atoms with Gasteiger partial charge in [-0.05, 0) is 43.0 Å². The van der Waals surface area contributed by atoms with Gasteiger partial charge in [-0.1, -0.05) is 67.9 Å². The summed E-state index contributed by atoms with van der Waals surface area (Å²) >= 11 is 0. The average molecular weight is 267 g/mol. The Morgan fingerprint density at radius 3 is 2.35 bits per heavy atom. The summed E-state index contributed by atoms with van der Waals surface area (Å²) in [6.07, 6.45) is 2.23. The van der Waals surface area contributed by atoms with Gasteiger partial charge in [-0.15, -0.1) is 0 Å². The molecule has 1 unspecified atom stereocenters. The summed E-state index contributed by atoms with van der Waals surface area (Å²) in [7, 11) is 0. The molecule has 0 aliphatic carbocycles. The zero-order chi connectivity index (χ0) is 14.4. The summed E-state index contributed by atoms with van der Waals surface area (Å²) in [5.74, 6) is 0. The van der Waals surface area contributed by atoms with Gasteiger partial charge < -0.3 is 5.32 Å². The minimum atomic E-state index is 0.294. The monoisotopic (exact) mass is 267 g/mol. The molecule has 106 valence electrons. The lowest BCUT2D eigenvalue weighted by molar-refractivity contribution is 0.598. The highest BCUT2D eigenvalue weighted by atomic mass is 14.9. The van der Waals surface area contributed by atoms with E-state index in [1.165, 1.54) is 22.3 Å². The van der Waals surface area contributed by atoms with Crippen LogP contribution < -0.4 is 5.32 Å². The van der Waals surface area contributed by atoms with Crippen molar-refractivity contribution in [3.05, 3.63) is 70.8 Å². The molecule has 0 aliphatic rings. The van der Waals surface area contributed by atoms with E-state index in [-0.39, 0.29) is 0 Å². The molecule has 0 aromatic heterocycles. The second-order valence-corrected chi connectivity index (χ2v) is 5.40. The Kier molecular flexibility index (Phi) is 5.37. The highest BCUT2D eigenvalue weighted by molar-refractivity contribution is 5.35. The van der Waals surface area contributed by atoms with Crippen molar-refractivity contribution in [2.45, 2.75) is 39.7 Å². The van der Waals surface area contributed by atoms with Gasteiger partial charge in [-0.2, -0.15) is 0 Å². The molecular formula is C19H25N. The molecule has 0 bridgehead atoms. The van der Waals surface area contributed by atoms with Gasteiger partial charge in [0.15, 0.2) is 0 Å². The molecule has 0 radical (unpaired) electrons. The third-order valence-electron chi connectivity index (χ3n) is 3.70. The third kappa shape index (κ3) is 3.71. The summed E-state index contributed by atoms with van der Waals surface area (Å²) in [6.45, 7) is 7.59. The van der Waals surface area contributed by atoms with Crippen LogP contribution in [0.2, 0.25) is 0 Å². The molecule has 2 aromatic rings. The third-order valence-corrected chi connectivity index (χ3v) is 3.70. The van der Waals surface area contributed by atoms with Crippen molar-refractivity contribution in [1.82, 2.24) is 5.32 Å². The molecule has 0 saturated carbocycles. The fourth-order valence-corrected chi connectivity index (χ4v) is 2.47. The van der Waals surface area contributed by atoms with Gasteiger partial charge in [0.2, 0.25) is 0 Å². The molecule has 0 fully saturated rings. The zero-order valence-corrected chi connectivity index (χ0v) is 12.8. The second kappa shape index (κ2) is 7.25. The highest BCUT2D eigenvalue weighted by Crippen LogP contribution is 2.23. The highest BCUT2D eigenvalue weighted by Gasteiger charge is 2.13. The van der Waals surface area contributed by atoms with Crippen LogP contribution in [0.3, 0.4) is 0 Å². The lowest BCUT2D eigenvalue weighted by Crippen LogP contribution is -2.23. The number of benzene rings is 2. The first-order valence-electron chi connectivity index (χ1n) is 7.63. The van der Waals surface area contributed by atoms with Gasteiger partial charge in [-0.25, -0.2) is 0 Å². The number of aryl methyl sites for hydroxylation is 2. The summed E-state index contributed by atoms with van der Waals surface area (Å²) in [5, 5.41) is 3.67. The SMILES string of the molecule is CCCNC(c1ccc(C)cc1)c1cccc(CC)c1. The molecule has 1 atom stereocenters. The second-order valence-electron chi connectivity index (χ2n) is 5.40. The van der Waals surface area contributed by atoms with E-state index < -0.39 is 0 Å². The van der Waals surface area contributed by atoms with Gasteiger partial charge in [-0.3, -0.25) is 0 Å². The van der Waals surface area contributed by atoms with Crippen molar-refractivity contribution in [3.8, 4) is 0 Å². The van der Waals surface area contributed by atoms with Crippen molar-refractivity contribution in [1.29, 1.82) is 0 Å². The van der Waals surface area contributed by atoms with Crippen LogP contribution in [0.25, 0.3) is 0 Å². The van der Waals surface area contributed by atoms with Crippen LogP contribution in [0, 0.1) is 6.92 Å². The van der Waals surface area contributed by atoms with E-state index in [2.05, 4.69) is 74.6 Å². The summed E-state index contributed by atoms with van der Waals surface area (Å²) in [6, 6.07) is 18.1. The predicted molar refractivity (Wildman–Crippen MR) is 87.1 cm³/mol. The van der Waals surface area contributed by atoms with Crippen LogP contribution in [0.5, 0.6) is 0 Å². The van der Waals surface area contributed by atoms with E-state index in [0.717, 1.165) is 19.4 Å². The van der Waals surface area contributed by atoms with Crippen LogP contribution in [0.1, 0.15) is 48.6 Å². The van der Waals surface area contributed by atoms with E-state index in [1.807, 2.05) is 0 Å². The Balaban J connectivity index is 2.32. The summed E-state index contributed by atoms with van der Waals surface area (Å²) in [4.78, 5) is 0. The van der Waals surface area contributed by atoms with Gasteiger partial charge in [0.25, 0.3) is 0 Å². The molecule has 0 heterocycles. The smallest absolute Gasteiger partial charge is 0.0576 e. The Hall–Kier alpha value is -1.60. The molecule has 0 amide bonds. The number of nitrogens with one attached hydrogen (secondary N) is 1. The van der Waals surface area contributed by atoms with Crippen LogP contribution in [-0.4, -0.2) is 6.54 Å². The van der Waals surface area contributed by atoms with Gasteiger partial charge in [0.05, 0.1) is 6.04 Å². The number of rotatable bonds is 6. The Morgan fingerprint density at radius 2 is 1.70 bits per heavy atom. The van der Waals surface area contributed by atoms with E-state index in [1.54, 1.807) is 0 Å². The Labute approximate surface area is 123 Å². The van der Waals surface area contributed by atoms with Crippen molar-refractivity contribution >= 4 is 0 Å². The quantitative estimate of drug-likeness (QED) is 0.803. The maximum absolute atomic E-state index is 3.67. The Morgan fingerprint density at radius 1 is 0.950 bits per heavy atom. The normalized spacial score (nSPS) is 12.3. The van der Waals surface area contributed by atoms with Crippen LogP contribution in [0.4, 0.5) is 0 Å². The Bertz CT molecular complexity index is 528. The van der Waals surface area contributed by atoms with Crippen molar-refractivity contribution in [2.75, 3.05) is 6.54 Å². The zero-order valence-electron chi connectivity index (χ0n) is 12.8. The molecule has 0 aliphatic heterocycles. The minimum Gasteiger partial charge on any atom is -0.306 e. The predicted octanol–water partition coefficient (Wildman–Crippen LogP) is 4.65. The van der Waals surface area contributed by atoms with Crippen molar-refractivity contribution in [3.63, 3.8) is 0 Å². The molecule has 2 rings (SSSR count). The maximum atomic E-state index is 3.67. The molecule has 0 saturated heterocycles. The van der Waals surface area contributed by atoms with Gasteiger partial charge in [0, 0.05) is 0 Å². The molecule has 2 aromatic carbocycles. The van der Waals surface area contributed by atoms with Crippen molar-refractivity contribution in [2.24, 2.45) is 0 Å². The minimum absolute atomic E-state index is 0.294. The molecular weight excluding hydrogens is 242 g/mol. The summed E-state index contributed by atoms with van der Waals surface area (Å²) in [5.41, 5.74) is 5.42. The number of hydrogen-bond donors (Lipinski definition) is 1. The largest absolute Gasteiger partial charge is 0.306 e. The first kappa shape index (κ1) is 14.8. The van der Waals surface area contributed by atoms with Crippen LogP contribution >= 0.6 is 0 Å². The maximum Gasteiger partial charge on any atom is 0.0576 e. The van der Waals surface area contributed by atoms with Crippen LogP contribution in [0.15, 0.2) is 48.5 Å². The topological polar surface area (TPSA) is 12.0 Å². The van der Waals surface area contributed by atoms with Crippen LogP contribution in [-0.2, 0) is 6.42 Å². The van der Waals surface area contributed by atoms with E-state index >= 15 is 0 Å². The average Bonchev–Trinajstić information content (AvgIpc) is 2.49. The fourth-order valence-electron chi connectivity index (χ4n) is 2.47. The van der Waals surface area contributed by atoms with E-state index in [0.29, 0.717) is 6.04 Å². The first-order valence-corrected chi connectivity index (χ1v) is 7.63. The van der Waals surface area contributed by atoms with E-state index in [9.17, 15) is 0 Å². The van der Waals surface area contributed by atoms with Crippen molar-refractivity contribution < 1.29 is 0 Å². The molecule has 1 N–H and O–H groups in total. The molecule has 1 nitrogen and oxygen atoms in total. The lowest BCUT2D eigenvalue weighted by Gasteiger charge is -2.20.